The molecule has 0 bridgehead atoms. The van der Waals surface area contributed by atoms with Crippen molar-refractivity contribution in [2.45, 2.75) is 58.4 Å². The van der Waals surface area contributed by atoms with Crippen molar-refractivity contribution in [1.82, 2.24) is 0 Å². The van der Waals surface area contributed by atoms with Gasteiger partial charge in [-0.05, 0) is 61.3 Å². The number of aryl methyl sites for hydroxylation is 1. The van der Waals surface area contributed by atoms with Gasteiger partial charge in [-0.15, -0.1) is 0 Å². The fourth-order valence-corrected chi connectivity index (χ4v) is 3.41. The number of hydrogen-bond donors (Lipinski definition) is 1. The Hall–Kier alpha value is -0.890. The quantitative estimate of drug-likeness (QED) is 0.858. The van der Waals surface area contributed by atoms with E-state index in [0.717, 1.165) is 18.4 Å². The summed E-state index contributed by atoms with van der Waals surface area (Å²) in [4.78, 5) is 0. The van der Waals surface area contributed by atoms with Gasteiger partial charge in [0.2, 0.25) is 0 Å². The Bertz CT molecular complexity index is 408. The maximum Gasteiger partial charge on any atom is 0.123 e. The van der Waals surface area contributed by atoms with Gasteiger partial charge in [-0.3, -0.25) is 0 Å². The van der Waals surface area contributed by atoms with Gasteiger partial charge in [-0.1, -0.05) is 25.8 Å². The lowest BCUT2D eigenvalue weighted by Crippen LogP contribution is -2.41. The molecule has 100 valence electrons. The van der Waals surface area contributed by atoms with Crippen LogP contribution in [0.1, 0.15) is 50.2 Å². The largest absolute Gasteiger partial charge is 0.327 e. The third-order valence-electron chi connectivity index (χ3n) is 4.83. The Morgan fingerprint density at radius 2 is 2.00 bits per heavy atom. The van der Waals surface area contributed by atoms with Crippen LogP contribution in [-0.2, 0) is 6.42 Å². The van der Waals surface area contributed by atoms with Gasteiger partial charge in [0, 0.05) is 6.04 Å². The standard InChI is InChI=1S/C16H24FN/c1-3-16(8-4-5-9-16)15(18)11-13-6-7-14(17)10-12(13)2/h6-7,10,15H,3-5,8-9,11,18H2,1-2H3. The first kappa shape index (κ1) is 13.5. The van der Waals surface area contributed by atoms with E-state index in [1.807, 2.05) is 13.0 Å². The summed E-state index contributed by atoms with van der Waals surface area (Å²) in [6.07, 6.45) is 7.16. The summed E-state index contributed by atoms with van der Waals surface area (Å²) in [5.74, 6) is -0.157. The molecule has 1 aromatic rings. The normalized spacial score (nSPS) is 20.0. The molecule has 0 amide bonds. The summed E-state index contributed by atoms with van der Waals surface area (Å²) < 4.78 is 13.1. The van der Waals surface area contributed by atoms with Gasteiger partial charge in [0.05, 0.1) is 0 Å². The van der Waals surface area contributed by atoms with Crippen LogP contribution in [0.25, 0.3) is 0 Å². The van der Waals surface area contributed by atoms with E-state index in [9.17, 15) is 4.39 Å². The van der Waals surface area contributed by atoms with Gasteiger partial charge in [0.1, 0.15) is 5.82 Å². The monoisotopic (exact) mass is 249 g/mol. The first-order chi connectivity index (χ1) is 8.57. The molecule has 1 aromatic carbocycles. The van der Waals surface area contributed by atoms with Gasteiger partial charge >= 0.3 is 0 Å². The van der Waals surface area contributed by atoms with Crippen molar-refractivity contribution in [2.24, 2.45) is 11.1 Å². The molecule has 2 N–H and O–H groups in total. The lowest BCUT2D eigenvalue weighted by molar-refractivity contribution is 0.218. The molecule has 0 spiro atoms. The Balaban J connectivity index is 2.12. The van der Waals surface area contributed by atoms with Crippen LogP contribution < -0.4 is 5.73 Å². The highest BCUT2D eigenvalue weighted by atomic mass is 19.1. The first-order valence-corrected chi connectivity index (χ1v) is 7.08. The van der Waals surface area contributed by atoms with Crippen LogP contribution in [0.2, 0.25) is 0 Å². The lowest BCUT2D eigenvalue weighted by atomic mass is 9.74. The number of halogens is 1. The van der Waals surface area contributed by atoms with Crippen molar-refractivity contribution in [1.29, 1.82) is 0 Å². The summed E-state index contributed by atoms with van der Waals surface area (Å²) in [6, 6.07) is 5.25. The van der Waals surface area contributed by atoms with Crippen LogP contribution in [0.15, 0.2) is 18.2 Å². The van der Waals surface area contributed by atoms with E-state index >= 15 is 0 Å². The van der Waals surface area contributed by atoms with Gasteiger partial charge in [-0.25, -0.2) is 4.39 Å². The highest BCUT2D eigenvalue weighted by molar-refractivity contribution is 5.27. The molecule has 0 heterocycles. The van der Waals surface area contributed by atoms with Crippen molar-refractivity contribution >= 4 is 0 Å². The SMILES string of the molecule is CCC1(C(N)Cc2ccc(F)cc2C)CCCC1. The minimum atomic E-state index is -0.157. The van der Waals surface area contributed by atoms with Crippen molar-refractivity contribution < 1.29 is 4.39 Å². The van der Waals surface area contributed by atoms with Gasteiger partial charge in [-0.2, -0.15) is 0 Å². The number of hydrogen-bond acceptors (Lipinski definition) is 1. The van der Waals surface area contributed by atoms with Crippen LogP contribution >= 0.6 is 0 Å². The second-order valence-corrected chi connectivity index (χ2v) is 5.80. The van der Waals surface area contributed by atoms with Crippen LogP contribution in [0.5, 0.6) is 0 Å². The predicted molar refractivity (Wildman–Crippen MR) is 74.0 cm³/mol. The molecule has 1 nitrogen and oxygen atoms in total. The number of nitrogens with two attached hydrogens (primary N) is 1. The summed E-state index contributed by atoms with van der Waals surface area (Å²) in [7, 11) is 0. The highest BCUT2D eigenvalue weighted by Crippen LogP contribution is 2.44. The Kier molecular flexibility index (Phi) is 4.06. The predicted octanol–water partition coefficient (Wildman–Crippen LogP) is 3.97. The average Bonchev–Trinajstić information content (AvgIpc) is 2.82. The number of benzene rings is 1. The summed E-state index contributed by atoms with van der Waals surface area (Å²) in [6.45, 7) is 4.22. The maximum absolute atomic E-state index is 13.1. The minimum Gasteiger partial charge on any atom is -0.327 e. The van der Waals surface area contributed by atoms with Gasteiger partial charge < -0.3 is 5.73 Å². The third kappa shape index (κ3) is 2.59. The second-order valence-electron chi connectivity index (χ2n) is 5.80. The molecule has 0 aliphatic heterocycles. The van der Waals surface area contributed by atoms with Crippen molar-refractivity contribution in [3.8, 4) is 0 Å². The minimum absolute atomic E-state index is 0.157. The smallest absolute Gasteiger partial charge is 0.123 e. The molecule has 18 heavy (non-hydrogen) atoms. The molecule has 1 unspecified atom stereocenters. The molecular weight excluding hydrogens is 225 g/mol. The molecule has 1 aliphatic carbocycles. The zero-order valence-electron chi connectivity index (χ0n) is 11.5. The zero-order chi connectivity index (χ0) is 13.2. The fourth-order valence-electron chi connectivity index (χ4n) is 3.41. The van der Waals surface area contributed by atoms with Gasteiger partial charge in [0.15, 0.2) is 0 Å². The molecular formula is C16H24FN. The summed E-state index contributed by atoms with van der Waals surface area (Å²) >= 11 is 0. The molecule has 1 saturated carbocycles. The van der Waals surface area contributed by atoms with E-state index in [0.29, 0.717) is 5.41 Å². The zero-order valence-corrected chi connectivity index (χ0v) is 11.5. The summed E-state index contributed by atoms with van der Waals surface area (Å²) in [5, 5.41) is 0. The van der Waals surface area contributed by atoms with E-state index in [2.05, 4.69) is 6.92 Å². The average molecular weight is 249 g/mol. The van der Waals surface area contributed by atoms with Gasteiger partial charge in [0.25, 0.3) is 0 Å². The fraction of sp³-hybridized carbons (Fsp3) is 0.625. The molecule has 2 heteroatoms. The lowest BCUT2D eigenvalue weighted by Gasteiger charge is -2.34. The van der Waals surface area contributed by atoms with Crippen LogP contribution in [-0.4, -0.2) is 6.04 Å². The molecule has 2 rings (SSSR count). The number of rotatable bonds is 4. The first-order valence-electron chi connectivity index (χ1n) is 7.08. The van der Waals surface area contributed by atoms with Crippen LogP contribution in [0.3, 0.4) is 0 Å². The maximum atomic E-state index is 13.1. The van der Waals surface area contributed by atoms with Crippen molar-refractivity contribution in [3.63, 3.8) is 0 Å². The van der Waals surface area contributed by atoms with Crippen LogP contribution in [0.4, 0.5) is 4.39 Å². The Labute approximate surface area is 110 Å². The molecule has 1 atom stereocenters. The van der Waals surface area contributed by atoms with Crippen molar-refractivity contribution in [3.05, 3.63) is 35.1 Å². The van der Waals surface area contributed by atoms with E-state index in [4.69, 9.17) is 5.73 Å². The van der Waals surface area contributed by atoms with Crippen molar-refractivity contribution in [2.75, 3.05) is 0 Å². The Morgan fingerprint density at radius 1 is 1.33 bits per heavy atom. The molecule has 1 aliphatic rings. The molecule has 0 saturated heterocycles. The third-order valence-corrected chi connectivity index (χ3v) is 4.83. The van der Waals surface area contributed by atoms with E-state index in [1.54, 1.807) is 12.1 Å². The molecule has 0 radical (unpaired) electrons. The van der Waals surface area contributed by atoms with Crippen LogP contribution in [0, 0.1) is 18.2 Å². The highest BCUT2D eigenvalue weighted by Gasteiger charge is 2.37. The summed E-state index contributed by atoms with van der Waals surface area (Å²) in [5.41, 5.74) is 9.01. The topological polar surface area (TPSA) is 26.0 Å². The van der Waals surface area contributed by atoms with E-state index < -0.39 is 0 Å². The second kappa shape index (κ2) is 5.40. The molecule has 0 aromatic heterocycles. The Morgan fingerprint density at radius 3 is 2.56 bits per heavy atom. The molecule has 1 fully saturated rings. The van der Waals surface area contributed by atoms with E-state index in [1.165, 1.54) is 31.2 Å². The van der Waals surface area contributed by atoms with E-state index in [-0.39, 0.29) is 11.9 Å².